The minimum atomic E-state index is -0.287. The van der Waals surface area contributed by atoms with Gasteiger partial charge in [-0.1, -0.05) is 0 Å². The maximum Gasteiger partial charge on any atom is 0.150 e. The van der Waals surface area contributed by atoms with Crippen LogP contribution in [0, 0.1) is 5.82 Å². The molecule has 0 aromatic carbocycles. The number of aromatic nitrogens is 1. The molecule has 3 rings (SSSR count). The van der Waals surface area contributed by atoms with Gasteiger partial charge in [0.1, 0.15) is 11.6 Å². The third kappa shape index (κ3) is 1.22. The minimum absolute atomic E-state index is 0.253. The molecule has 1 spiro atoms. The Kier molecular flexibility index (Phi) is 1.48. The van der Waals surface area contributed by atoms with E-state index in [1.165, 1.54) is 25.1 Å². The molecule has 1 aromatic heterocycles. The predicted molar refractivity (Wildman–Crippen MR) is 52.9 cm³/mol. The normalized spacial score (nSPS) is 21.8. The van der Waals surface area contributed by atoms with Crippen LogP contribution in [0.2, 0.25) is 0 Å². The van der Waals surface area contributed by atoms with E-state index >= 15 is 0 Å². The van der Waals surface area contributed by atoms with E-state index in [1.807, 2.05) is 0 Å². The molecule has 0 radical (unpaired) electrons. The lowest BCUT2D eigenvalue weighted by Crippen LogP contribution is -2.21. The Hall–Kier alpha value is -1.32. The van der Waals surface area contributed by atoms with Crippen molar-refractivity contribution >= 4 is 11.5 Å². The Morgan fingerprint density at radius 2 is 2.21 bits per heavy atom. The third-order valence-corrected chi connectivity index (χ3v) is 3.01. The third-order valence-electron chi connectivity index (χ3n) is 3.01. The van der Waals surface area contributed by atoms with E-state index in [-0.39, 0.29) is 11.4 Å². The van der Waals surface area contributed by atoms with Crippen molar-refractivity contribution in [3.63, 3.8) is 0 Å². The number of halogens is 1. The van der Waals surface area contributed by atoms with Gasteiger partial charge in [-0.3, -0.25) is 0 Å². The van der Waals surface area contributed by atoms with E-state index in [1.54, 1.807) is 0 Å². The maximum atomic E-state index is 12.9. The van der Waals surface area contributed by atoms with Crippen molar-refractivity contribution in [2.24, 2.45) is 0 Å². The zero-order valence-corrected chi connectivity index (χ0v) is 7.81. The van der Waals surface area contributed by atoms with Crippen molar-refractivity contribution in [3.8, 4) is 0 Å². The van der Waals surface area contributed by atoms with Crippen molar-refractivity contribution in [2.45, 2.75) is 24.8 Å². The number of anilines is 2. The van der Waals surface area contributed by atoms with Crippen molar-refractivity contribution in [1.29, 1.82) is 0 Å². The van der Waals surface area contributed by atoms with Crippen LogP contribution in [-0.4, -0.2) is 17.1 Å². The molecule has 0 unspecified atom stereocenters. The predicted octanol–water partition coefficient (Wildman–Crippen LogP) is 1.98. The van der Waals surface area contributed by atoms with Crippen LogP contribution in [-0.2, 0) is 0 Å². The van der Waals surface area contributed by atoms with Crippen LogP contribution >= 0.6 is 0 Å². The molecule has 2 aliphatic rings. The second-order valence-corrected chi connectivity index (χ2v) is 4.13. The van der Waals surface area contributed by atoms with Gasteiger partial charge < -0.3 is 10.6 Å². The smallest absolute Gasteiger partial charge is 0.150 e. The molecule has 1 aliphatic carbocycles. The molecule has 1 saturated carbocycles. The zero-order valence-electron chi connectivity index (χ0n) is 7.81. The van der Waals surface area contributed by atoms with Crippen LogP contribution in [0.4, 0.5) is 15.9 Å². The highest BCUT2D eigenvalue weighted by atomic mass is 19.1. The maximum absolute atomic E-state index is 12.9. The molecule has 0 amide bonds. The number of pyridine rings is 1. The Labute approximate surface area is 81.7 Å². The van der Waals surface area contributed by atoms with Gasteiger partial charge in [0.05, 0.1) is 11.9 Å². The molecule has 0 bridgehead atoms. The summed E-state index contributed by atoms with van der Waals surface area (Å²) in [4.78, 5) is 4.07. The van der Waals surface area contributed by atoms with E-state index in [0.29, 0.717) is 0 Å². The summed E-state index contributed by atoms with van der Waals surface area (Å²) in [5.74, 6) is 0.506. The second-order valence-electron chi connectivity index (χ2n) is 4.13. The van der Waals surface area contributed by atoms with E-state index in [0.717, 1.165) is 24.5 Å². The number of hydrogen-bond acceptors (Lipinski definition) is 3. The fourth-order valence-corrected chi connectivity index (χ4v) is 1.95. The van der Waals surface area contributed by atoms with Gasteiger partial charge in [-0.25, -0.2) is 9.37 Å². The number of nitrogens with one attached hydrogen (secondary N) is 2. The lowest BCUT2D eigenvalue weighted by molar-refractivity contribution is 0.622. The lowest BCUT2D eigenvalue weighted by atomic mass is 10.2. The summed E-state index contributed by atoms with van der Waals surface area (Å²) in [6.45, 7) is 0.894. The number of hydrogen-bond donors (Lipinski definition) is 2. The van der Waals surface area contributed by atoms with Gasteiger partial charge in [0.25, 0.3) is 0 Å². The molecule has 14 heavy (non-hydrogen) atoms. The Morgan fingerprint density at radius 1 is 1.36 bits per heavy atom. The first-order valence-corrected chi connectivity index (χ1v) is 4.95. The summed E-state index contributed by atoms with van der Waals surface area (Å²) in [6, 6.07) is 1.50. The molecule has 2 heterocycles. The van der Waals surface area contributed by atoms with Crippen LogP contribution in [0.15, 0.2) is 12.3 Å². The molecule has 74 valence electrons. The van der Waals surface area contributed by atoms with E-state index in [9.17, 15) is 4.39 Å². The van der Waals surface area contributed by atoms with Crippen molar-refractivity contribution in [3.05, 3.63) is 18.1 Å². The van der Waals surface area contributed by atoms with Crippen LogP contribution < -0.4 is 10.6 Å². The molecule has 1 aliphatic heterocycles. The number of fused-ring (bicyclic) bond motifs is 1. The fourth-order valence-electron chi connectivity index (χ4n) is 1.95. The first kappa shape index (κ1) is 8.03. The van der Waals surface area contributed by atoms with Crippen LogP contribution in [0.5, 0.6) is 0 Å². The first-order chi connectivity index (χ1) is 6.77. The summed E-state index contributed by atoms with van der Waals surface area (Å²) >= 11 is 0. The molecule has 0 saturated heterocycles. The highest BCUT2D eigenvalue weighted by molar-refractivity contribution is 5.66. The molecule has 1 fully saturated rings. The molecule has 0 atom stereocenters. The number of nitrogens with zero attached hydrogens (tertiary/aromatic N) is 1. The van der Waals surface area contributed by atoms with Gasteiger partial charge in [0, 0.05) is 18.2 Å². The monoisotopic (exact) mass is 193 g/mol. The molecule has 1 aromatic rings. The average molecular weight is 193 g/mol. The highest BCUT2D eigenvalue weighted by Gasteiger charge is 2.43. The first-order valence-electron chi connectivity index (χ1n) is 4.95. The van der Waals surface area contributed by atoms with Gasteiger partial charge in [-0.2, -0.15) is 0 Å². The Balaban J connectivity index is 1.99. The summed E-state index contributed by atoms with van der Waals surface area (Å²) in [6.07, 6.45) is 4.75. The van der Waals surface area contributed by atoms with E-state index in [2.05, 4.69) is 15.6 Å². The average Bonchev–Trinajstić information content (AvgIpc) is 2.93. The molecule has 3 nitrogen and oxygen atoms in total. The molecular weight excluding hydrogens is 181 g/mol. The van der Waals surface area contributed by atoms with E-state index in [4.69, 9.17) is 0 Å². The van der Waals surface area contributed by atoms with Crippen LogP contribution in [0.25, 0.3) is 0 Å². The van der Waals surface area contributed by atoms with Crippen LogP contribution in [0.1, 0.15) is 19.3 Å². The summed E-state index contributed by atoms with van der Waals surface area (Å²) in [5.41, 5.74) is 1.04. The molecular formula is C10H12FN3. The van der Waals surface area contributed by atoms with Crippen LogP contribution in [0.3, 0.4) is 0 Å². The Morgan fingerprint density at radius 3 is 3.00 bits per heavy atom. The summed E-state index contributed by atoms with van der Waals surface area (Å²) in [7, 11) is 0. The summed E-state index contributed by atoms with van der Waals surface area (Å²) < 4.78 is 12.9. The van der Waals surface area contributed by atoms with Crippen molar-refractivity contribution in [2.75, 3.05) is 17.2 Å². The quantitative estimate of drug-likeness (QED) is 0.661. The second kappa shape index (κ2) is 2.59. The minimum Gasteiger partial charge on any atom is -0.382 e. The largest absolute Gasteiger partial charge is 0.382 e. The summed E-state index contributed by atoms with van der Waals surface area (Å²) in [5, 5.41) is 6.59. The zero-order chi connectivity index (χ0) is 9.60. The van der Waals surface area contributed by atoms with Gasteiger partial charge in [0.15, 0.2) is 0 Å². The SMILES string of the molecule is Fc1cnc2c(c1)NCCC1(CC1)N2. The molecule has 4 heteroatoms. The van der Waals surface area contributed by atoms with Crippen molar-refractivity contribution in [1.82, 2.24) is 4.98 Å². The van der Waals surface area contributed by atoms with Crippen molar-refractivity contribution < 1.29 is 4.39 Å². The number of rotatable bonds is 0. The van der Waals surface area contributed by atoms with Gasteiger partial charge in [-0.05, 0) is 19.3 Å². The van der Waals surface area contributed by atoms with Gasteiger partial charge >= 0.3 is 0 Å². The fraction of sp³-hybridized carbons (Fsp3) is 0.500. The van der Waals surface area contributed by atoms with E-state index < -0.39 is 0 Å². The Bertz CT molecular complexity index is 374. The standard InChI is InChI=1S/C10H12FN3/c11-7-5-8-9(13-6-7)14-10(1-2-10)3-4-12-8/h5-6,12H,1-4H2,(H,13,14). The van der Waals surface area contributed by atoms with Gasteiger partial charge in [-0.15, -0.1) is 0 Å². The highest BCUT2D eigenvalue weighted by Crippen LogP contribution is 2.44. The topological polar surface area (TPSA) is 37.0 Å². The van der Waals surface area contributed by atoms with Gasteiger partial charge in [0.2, 0.25) is 0 Å². The molecule has 2 N–H and O–H groups in total. The lowest BCUT2D eigenvalue weighted by Gasteiger charge is -2.13.